The molecule has 0 atom stereocenters. The van der Waals surface area contributed by atoms with Crippen LogP contribution in [0.4, 0.5) is 0 Å². The molecule has 0 bridgehead atoms. The summed E-state index contributed by atoms with van der Waals surface area (Å²) in [5.74, 6) is 1.02. The van der Waals surface area contributed by atoms with E-state index < -0.39 is 0 Å². The van der Waals surface area contributed by atoms with Crippen molar-refractivity contribution in [2.75, 3.05) is 6.61 Å². The number of benzene rings is 1. The Morgan fingerprint density at radius 2 is 2.33 bits per heavy atom. The van der Waals surface area contributed by atoms with Crippen molar-refractivity contribution < 1.29 is 4.74 Å². The van der Waals surface area contributed by atoms with Crippen LogP contribution in [0.1, 0.15) is 21.9 Å². The van der Waals surface area contributed by atoms with Crippen molar-refractivity contribution in [2.45, 2.75) is 26.3 Å². The predicted octanol–water partition coefficient (Wildman–Crippen LogP) is 2.90. The van der Waals surface area contributed by atoms with Gasteiger partial charge in [-0.05, 0) is 43.5 Å². The third kappa shape index (κ3) is 2.02. The third-order valence-corrected chi connectivity index (χ3v) is 4.19. The van der Waals surface area contributed by atoms with Gasteiger partial charge < -0.3 is 10.5 Å². The van der Waals surface area contributed by atoms with E-state index in [4.69, 9.17) is 10.5 Å². The lowest BCUT2D eigenvalue weighted by Gasteiger charge is -2.17. The van der Waals surface area contributed by atoms with Crippen LogP contribution in [-0.4, -0.2) is 11.6 Å². The summed E-state index contributed by atoms with van der Waals surface area (Å²) in [5.41, 5.74) is 9.18. The molecule has 0 amide bonds. The fourth-order valence-corrected chi connectivity index (χ4v) is 3.15. The minimum atomic E-state index is 0.513. The Balaban J connectivity index is 2.03. The van der Waals surface area contributed by atoms with Gasteiger partial charge in [-0.3, -0.25) is 0 Å². The standard InChI is InChI=1S/C14H16N2OS/c1-9-14(16-13(8-15)18-9)11-4-5-12-10(7-11)3-2-6-17-12/h4-5,7H,2-3,6,8,15H2,1H3. The van der Waals surface area contributed by atoms with E-state index in [9.17, 15) is 0 Å². The van der Waals surface area contributed by atoms with Crippen LogP contribution >= 0.6 is 11.3 Å². The van der Waals surface area contributed by atoms with Gasteiger partial charge in [0.2, 0.25) is 0 Å². The molecule has 94 valence electrons. The number of fused-ring (bicyclic) bond motifs is 1. The van der Waals surface area contributed by atoms with E-state index in [2.05, 4.69) is 30.1 Å². The van der Waals surface area contributed by atoms with Gasteiger partial charge in [0.1, 0.15) is 10.8 Å². The van der Waals surface area contributed by atoms with Gasteiger partial charge in [-0.25, -0.2) is 4.98 Å². The molecule has 0 radical (unpaired) electrons. The molecule has 0 aliphatic carbocycles. The molecule has 3 nitrogen and oxygen atoms in total. The van der Waals surface area contributed by atoms with E-state index in [1.165, 1.54) is 16.0 Å². The molecular weight excluding hydrogens is 244 g/mol. The summed E-state index contributed by atoms with van der Waals surface area (Å²) in [6.07, 6.45) is 2.19. The number of ether oxygens (including phenoxy) is 1. The topological polar surface area (TPSA) is 48.1 Å². The number of nitrogens with two attached hydrogens (primary N) is 1. The zero-order chi connectivity index (χ0) is 12.5. The van der Waals surface area contributed by atoms with E-state index in [0.29, 0.717) is 6.54 Å². The second kappa shape index (κ2) is 4.71. The number of aryl methyl sites for hydroxylation is 2. The number of hydrogen-bond acceptors (Lipinski definition) is 4. The summed E-state index contributed by atoms with van der Waals surface area (Å²) in [6, 6.07) is 6.36. The van der Waals surface area contributed by atoms with E-state index >= 15 is 0 Å². The molecule has 1 aromatic carbocycles. The summed E-state index contributed by atoms with van der Waals surface area (Å²) in [4.78, 5) is 5.83. The molecule has 18 heavy (non-hydrogen) atoms. The predicted molar refractivity (Wildman–Crippen MR) is 74.0 cm³/mol. The van der Waals surface area contributed by atoms with Crippen LogP contribution in [0, 0.1) is 6.92 Å². The van der Waals surface area contributed by atoms with E-state index in [1.807, 2.05) is 0 Å². The van der Waals surface area contributed by atoms with E-state index in [0.717, 1.165) is 35.9 Å². The van der Waals surface area contributed by atoms with Gasteiger partial charge in [-0.15, -0.1) is 11.3 Å². The highest BCUT2D eigenvalue weighted by Crippen LogP contribution is 2.32. The number of thiazole rings is 1. The maximum absolute atomic E-state index is 5.65. The number of rotatable bonds is 2. The highest BCUT2D eigenvalue weighted by molar-refractivity contribution is 7.12. The van der Waals surface area contributed by atoms with Crippen LogP contribution in [0.3, 0.4) is 0 Å². The molecule has 3 rings (SSSR count). The van der Waals surface area contributed by atoms with Gasteiger partial charge in [0.15, 0.2) is 0 Å². The van der Waals surface area contributed by atoms with Gasteiger partial charge in [0, 0.05) is 17.0 Å². The smallest absolute Gasteiger partial charge is 0.122 e. The van der Waals surface area contributed by atoms with Crippen molar-refractivity contribution in [1.29, 1.82) is 0 Å². The van der Waals surface area contributed by atoms with Crippen LogP contribution < -0.4 is 10.5 Å². The number of nitrogens with zero attached hydrogens (tertiary/aromatic N) is 1. The first-order valence-electron chi connectivity index (χ1n) is 6.20. The van der Waals surface area contributed by atoms with Crippen LogP contribution in [0.25, 0.3) is 11.3 Å². The van der Waals surface area contributed by atoms with E-state index in [-0.39, 0.29) is 0 Å². The average Bonchev–Trinajstić information content (AvgIpc) is 2.79. The van der Waals surface area contributed by atoms with Gasteiger partial charge in [-0.1, -0.05) is 0 Å². The zero-order valence-corrected chi connectivity index (χ0v) is 11.2. The fourth-order valence-electron chi connectivity index (χ4n) is 2.31. The van der Waals surface area contributed by atoms with E-state index in [1.54, 1.807) is 11.3 Å². The summed E-state index contributed by atoms with van der Waals surface area (Å²) in [6.45, 7) is 3.45. The van der Waals surface area contributed by atoms with Gasteiger partial charge in [0.05, 0.1) is 12.3 Å². The zero-order valence-electron chi connectivity index (χ0n) is 10.4. The number of hydrogen-bond donors (Lipinski definition) is 1. The lowest BCUT2D eigenvalue weighted by molar-refractivity contribution is 0.288. The molecular formula is C14H16N2OS. The van der Waals surface area contributed by atoms with Crippen LogP contribution in [0.5, 0.6) is 5.75 Å². The van der Waals surface area contributed by atoms with Crippen molar-refractivity contribution >= 4 is 11.3 Å². The molecule has 0 unspecified atom stereocenters. The molecule has 4 heteroatoms. The number of aromatic nitrogens is 1. The van der Waals surface area contributed by atoms with Crippen molar-refractivity contribution in [2.24, 2.45) is 5.73 Å². The maximum atomic E-state index is 5.65. The molecule has 0 saturated heterocycles. The van der Waals surface area contributed by atoms with Crippen molar-refractivity contribution in [3.8, 4) is 17.0 Å². The minimum Gasteiger partial charge on any atom is -0.493 e. The molecule has 1 aliphatic heterocycles. The van der Waals surface area contributed by atoms with Crippen LogP contribution in [-0.2, 0) is 13.0 Å². The van der Waals surface area contributed by atoms with Crippen molar-refractivity contribution in [3.05, 3.63) is 33.6 Å². The van der Waals surface area contributed by atoms with Gasteiger partial charge in [0.25, 0.3) is 0 Å². The summed E-state index contributed by atoms with van der Waals surface area (Å²) in [5, 5.41) is 0.997. The third-order valence-electron chi connectivity index (χ3n) is 3.20. The van der Waals surface area contributed by atoms with Crippen LogP contribution in [0.15, 0.2) is 18.2 Å². The lowest BCUT2D eigenvalue weighted by Crippen LogP contribution is -2.08. The second-order valence-corrected chi connectivity index (χ2v) is 5.78. The molecule has 0 fully saturated rings. The molecule has 2 heterocycles. The monoisotopic (exact) mass is 260 g/mol. The Morgan fingerprint density at radius 1 is 1.44 bits per heavy atom. The Kier molecular flexibility index (Phi) is 3.06. The van der Waals surface area contributed by atoms with Crippen molar-refractivity contribution in [3.63, 3.8) is 0 Å². The molecule has 0 spiro atoms. The summed E-state index contributed by atoms with van der Waals surface area (Å²) in [7, 11) is 0. The SMILES string of the molecule is Cc1sc(CN)nc1-c1ccc2c(c1)CCCO2. The lowest BCUT2D eigenvalue weighted by atomic mass is 10.0. The summed E-state index contributed by atoms with van der Waals surface area (Å²) < 4.78 is 5.63. The molecule has 1 aliphatic rings. The summed E-state index contributed by atoms with van der Waals surface area (Å²) >= 11 is 1.68. The molecule has 1 aromatic heterocycles. The molecule has 2 aromatic rings. The average molecular weight is 260 g/mol. The quantitative estimate of drug-likeness (QED) is 0.903. The van der Waals surface area contributed by atoms with Crippen molar-refractivity contribution in [1.82, 2.24) is 4.98 Å². The second-order valence-electron chi connectivity index (χ2n) is 4.49. The first kappa shape index (κ1) is 11.7. The Bertz CT molecular complexity index is 577. The fraction of sp³-hybridized carbons (Fsp3) is 0.357. The first-order valence-corrected chi connectivity index (χ1v) is 7.02. The first-order chi connectivity index (χ1) is 8.78. The Hall–Kier alpha value is -1.39. The molecule has 0 saturated carbocycles. The Morgan fingerprint density at radius 3 is 3.11 bits per heavy atom. The minimum absolute atomic E-state index is 0.513. The Labute approximate surface area is 111 Å². The highest BCUT2D eigenvalue weighted by atomic mass is 32.1. The molecule has 2 N–H and O–H groups in total. The highest BCUT2D eigenvalue weighted by Gasteiger charge is 2.14. The normalized spacial score (nSPS) is 14.1. The maximum Gasteiger partial charge on any atom is 0.122 e. The van der Waals surface area contributed by atoms with Crippen LogP contribution in [0.2, 0.25) is 0 Å². The van der Waals surface area contributed by atoms with Gasteiger partial charge >= 0.3 is 0 Å². The largest absolute Gasteiger partial charge is 0.493 e. The van der Waals surface area contributed by atoms with Gasteiger partial charge in [-0.2, -0.15) is 0 Å².